The van der Waals surface area contributed by atoms with Crippen molar-refractivity contribution in [2.24, 2.45) is 0 Å². The van der Waals surface area contributed by atoms with E-state index < -0.39 is 0 Å². The minimum Gasteiger partial charge on any atom is -0.281 e. The van der Waals surface area contributed by atoms with Crippen LogP contribution in [0.3, 0.4) is 0 Å². The largest absolute Gasteiger partial charge is 0.281 e. The summed E-state index contributed by atoms with van der Waals surface area (Å²) in [6, 6.07) is 0. The summed E-state index contributed by atoms with van der Waals surface area (Å²) in [6.07, 6.45) is 6.76. The Labute approximate surface area is 86.7 Å². The van der Waals surface area contributed by atoms with Gasteiger partial charge in [0.25, 0.3) is 0 Å². The van der Waals surface area contributed by atoms with Gasteiger partial charge < -0.3 is 0 Å². The van der Waals surface area contributed by atoms with Crippen LogP contribution in [0.1, 0.15) is 44.6 Å². The zero-order valence-corrected chi connectivity index (χ0v) is 9.59. The number of rotatable bonds is 3. The third-order valence-electron chi connectivity index (χ3n) is 1.79. The molecule has 1 heterocycles. The van der Waals surface area contributed by atoms with Gasteiger partial charge in [0.2, 0.25) is 0 Å². The van der Waals surface area contributed by atoms with Crippen LogP contribution in [-0.2, 0) is 6.42 Å². The first kappa shape index (κ1) is 12.7. The molecule has 0 aliphatic rings. The van der Waals surface area contributed by atoms with Crippen LogP contribution in [0, 0.1) is 0 Å². The van der Waals surface area contributed by atoms with Gasteiger partial charge in [-0.2, -0.15) is 5.10 Å². The van der Waals surface area contributed by atoms with Crippen molar-refractivity contribution in [3.8, 4) is 0 Å². The van der Waals surface area contributed by atoms with Gasteiger partial charge in [-0.05, 0) is 19.4 Å². The van der Waals surface area contributed by atoms with Crippen LogP contribution in [0.4, 0.5) is 0 Å². The number of nitrogens with zero attached hydrogens (tertiary/aromatic N) is 1. The van der Waals surface area contributed by atoms with Crippen LogP contribution >= 0.6 is 0 Å². The molecule has 0 aliphatic heterocycles. The molecule has 1 N–H and O–H groups in total. The average molecular weight is 192 g/mol. The topological polar surface area (TPSA) is 28.7 Å². The first-order valence-corrected chi connectivity index (χ1v) is 5.15. The Hall–Kier alpha value is -1.31. The van der Waals surface area contributed by atoms with E-state index in [-0.39, 0.29) is 0 Å². The SMILES string of the molecule is C=Cc1c(/C=C\C)n[nH]c1CC.CC. The van der Waals surface area contributed by atoms with Crippen molar-refractivity contribution in [2.45, 2.75) is 34.1 Å². The predicted molar refractivity (Wildman–Crippen MR) is 64.1 cm³/mol. The Balaban J connectivity index is 0.000000791. The monoisotopic (exact) mass is 192 g/mol. The van der Waals surface area contributed by atoms with E-state index in [2.05, 4.69) is 23.7 Å². The molecule has 0 aromatic carbocycles. The molecule has 0 bridgehead atoms. The lowest BCUT2D eigenvalue weighted by molar-refractivity contribution is 0.970. The third kappa shape index (κ3) is 2.87. The summed E-state index contributed by atoms with van der Waals surface area (Å²) in [6.45, 7) is 11.8. The number of nitrogens with one attached hydrogen (secondary N) is 1. The van der Waals surface area contributed by atoms with Crippen molar-refractivity contribution in [3.05, 3.63) is 29.6 Å². The molecule has 1 rings (SSSR count). The minimum atomic E-state index is 0.964. The number of aromatic amines is 1. The van der Waals surface area contributed by atoms with E-state index in [1.54, 1.807) is 0 Å². The second-order valence-corrected chi connectivity index (χ2v) is 2.56. The highest BCUT2D eigenvalue weighted by Crippen LogP contribution is 2.14. The van der Waals surface area contributed by atoms with Crippen molar-refractivity contribution in [1.82, 2.24) is 10.2 Å². The number of aryl methyl sites for hydroxylation is 1. The molecule has 0 fully saturated rings. The lowest BCUT2D eigenvalue weighted by Gasteiger charge is -1.92. The van der Waals surface area contributed by atoms with Crippen molar-refractivity contribution in [2.75, 3.05) is 0 Å². The van der Waals surface area contributed by atoms with E-state index >= 15 is 0 Å². The lowest BCUT2D eigenvalue weighted by Crippen LogP contribution is -1.82. The molecule has 78 valence electrons. The Kier molecular flexibility index (Phi) is 6.46. The zero-order valence-electron chi connectivity index (χ0n) is 9.59. The van der Waals surface area contributed by atoms with Crippen LogP contribution in [0.25, 0.3) is 12.2 Å². The molecule has 0 radical (unpaired) electrons. The van der Waals surface area contributed by atoms with E-state index in [0.717, 1.165) is 23.4 Å². The fourth-order valence-electron chi connectivity index (χ4n) is 1.18. The molecule has 0 spiro atoms. The second kappa shape index (κ2) is 7.13. The van der Waals surface area contributed by atoms with Gasteiger partial charge in [-0.15, -0.1) is 0 Å². The van der Waals surface area contributed by atoms with Crippen LogP contribution in [-0.4, -0.2) is 10.2 Å². The molecule has 14 heavy (non-hydrogen) atoms. The molecule has 0 saturated carbocycles. The minimum absolute atomic E-state index is 0.964. The zero-order chi connectivity index (χ0) is 11.0. The predicted octanol–water partition coefficient (Wildman–Crippen LogP) is 3.67. The average Bonchev–Trinajstić information content (AvgIpc) is 2.63. The Morgan fingerprint density at radius 1 is 1.43 bits per heavy atom. The highest BCUT2D eigenvalue weighted by atomic mass is 15.1. The number of aromatic nitrogens is 2. The summed E-state index contributed by atoms with van der Waals surface area (Å²) in [4.78, 5) is 0. The van der Waals surface area contributed by atoms with Gasteiger partial charge >= 0.3 is 0 Å². The van der Waals surface area contributed by atoms with Crippen molar-refractivity contribution < 1.29 is 0 Å². The number of H-pyrrole nitrogens is 1. The fraction of sp³-hybridized carbons (Fsp3) is 0.417. The van der Waals surface area contributed by atoms with Gasteiger partial charge in [-0.25, -0.2) is 0 Å². The first-order valence-electron chi connectivity index (χ1n) is 5.15. The third-order valence-corrected chi connectivity index (χ3v) is 1.79. The fourth-order valence-corrected chi connectivity index (χ4v) is 1.18. The summed E-state index contributed by atoms with van der Waals surface area (Å²) in [5, 5.41) is 7.15. The van der Waals surface area contributed by atoms with E-state index in [0.29, 0.717) is 0 Å². The molecule has 0 saturated heterocycles. The van der Waals surface area contributed by atoms with Crippen LogP contribution < -0.4 is 0 Å². The van der Waals surface area contributed by atoms with E-state index in [1.807, 2.05) is 39.0 Å². The molecular formula is C12H20N2. The lowest BCUT2D eigenvalue weighted by atomic mass is 10.1. The van der Waals surface area contributed by atoms with Crippen LogP contribution in [0.2, 0.25) is 0 Å². The van der Waals surface area contributed by atoms with E-state index in [9.17, 15) is 0 Å². The van der Waals surface area contributed by atoms with Crippen molar-refractivity contribution in [1.29, 1.82) is 0 Å². The summed E-state index contributed by atoms with van der Waals surface area (Å²) < 4.78 is 0. The normalized spacial score (nSPS) is 9.71. The Morgan fingerprint density at radius 2 is 2.07 bits per heavy atom. The van der Waals surface area contributed by atoms with Crippen molar-refractivity contribution in [3.63, 3.8) is 0 Å². The summed E-state index contributed by atoms with van der Waals surface area (Å²) in [5.74, 6) is 0. The van der Waals surface area contributed by atoms with Gasteiger partial charge in [0.15, 0.2) is 0 Å². The molecule has 0 aliphatic carbocycles. The van der Waals surface area contributed by atoms with Gasteiger partial charge in [0.05, 0.1) is 5.69 Å². The van der Waals surface area contributed by atoms with E-state index in [4.69, 9.17) is 0 Å². The number of allylic oxidation sites excluding steroid dienone is 1. The van der Waals surface area contributed by atoms with Crippen LogP contribution in [0.5, 0.6) is 0 Å². The Morgan fingerprint density at radius 3 is 2.50 bits per heavy atom. The molecule has 2 heteroatoms. The van der Waals surface area contributed by atoms with Crippen LogP contribution in [0.15, 0.2) is 12.7 Å². The maximum Gasteiger partial charge on any atom is 0.0920 e. The van der Waals surface area contributed by atoms with Crippen molar-refractivity contribution >= 4 is 12.2 Å². The summed E-state index contributed by atoms with van der Waals surface area (Å²) >= 11 is 0. The molecule has 0 amide bonds. The summed E-state index contributed by atoms with van der Waals surface area (Å²) in [7, 11) is 0. The molecule has 1 aromatic heterocycles. The molecule has 0 unspecified atom stereocenters. The maximum atomic E-state index is 4.16. The highest BCUT2D eigenvalue weighted by molar-refractivity contribution is 5.63. The maximum absolute atomic E-state index is 4.16. The molecule has 2 nitrogen and oxygen atoms in total. The van der Waals surface area contributed by atoms with E-state index in [1.165, 1.54) is 0 Å². The quantitative estimate of drug-likeness (QED) is 0.777. The Bertz CT molecular complexity index is 295. The van der Waals surface area contributed by atoms with Gasteiger partial charge in [-0.1, -0.05) is 39.5 Å². The molecule has 0 atom stereocenters. The summed E-state index contributed by atoms with van der Waals surface area (Å²) in [5.41, 5.74) is 3.25. The van der Waals surface area contributed by atoms with Gasteiger partial charge in [-0.3, -0.25) is 5.10 Å². The highest BCUT2D eigenvalue weighted by Gasteiger charge is 2.04. The van der Waals surface area contributed by atoms with Gasteiger partial charge in [0, 0.05) is 11.3 Å². The second-order valence-electron chi connectivity index (χ2n) is 2.56. The van der Waals surface area contributed by atoms with Gasteiger partial charge in [0.1, 0.15) is 0 Å². The smallest absolute Gasteiger partial charge is 0.0920 e. The first-order chi connectivity index (χ1) is 6.83. The molecule has 1 aromatic rings. The molecular weight excluding hydrogens is 172 g/mol. The number of hydrogen-bond donors (Lipinski definition) is 1. The number of hydrogen-bond acceptors (Lipinski definition) is 1. The standard InChI is InChI=1S/C10H14N2.C2H6/c1-4-7-10-8(5-2)9(6-3)11-12-10;1-2/h4-5,7H,2,6H2,1,3H3,(H,11,12);1-2H3/b7-4-;.